The molecule has 1 amide bonds. The predicted octanol–water partition coefficient (Wildman–Crippen LogP) is 4.42. The molecular weight excluding hydrogens is 416 g/mol. The molecule has 0 saturated carbocycles. The Labute approximate surface area is 193 Å². The molecule has 3 N–H and O–H groups in total. The van der Waals surface area contributed by atoms with E-state index in [2.05, 4.69) is 27.8 Å². The average molecular weight is 447 g/mol. The number of carbonyl (C=O) groups excluding carboxylic acids is 1. The number of aliphatic carboxylic acids is 1. The van der Waals surface area contributed by atoms with Gasteiger partial charge in [0.25, 0.3) is 0 Å². The molecule has 7 nitrogen and oxygen atoms in total. The highest BCUT2D eigenvalue weighted by Crippen LogP contribution is 2.22. The standard InChI is InChI=1S/C26H30N4O3/c31-24(11-3-1-2-9-21-13-12-18-8-6-14-27-26(18)29-21)30-23(16-25(32)33)20-15-19-7-4-5-10-22(19)28-17-20/h4-5,7,10,12-13,15,17,23H,1-3,6,8-9,11,14,16H2,(H,27,29)(H,30,31)(H,32,33)/t23-/m0/s1. The van der Waals surface area contributed by atoms with E-state index in [1.165, 1.54) is 5.56 Å². The number of pyridine rings is 2. The molecule has 0 bridgehead atoms. The zero-order valence-corrected chi connectivity index (χ0v) is 18.7. The SMILES string of the molecule is O=C(O)C[C@H](NC(=O)CCCCCc1ccc2c(n1)NCCC2)c1cnc2ccccc2c1. The predicted molar refractivity (Wildman–Crippen MR) is 128 cm³/mol. The lowest BCUT2D eigenvalue weighted by Gasteiger charge is -2.18. The van der Waals surface area contributed by atoms with Gasteiger partial charge in [0.15, 0.2) is 0 Å². The summed E-state index contributed by atoms with van der Waals surface area (Å²) >= 11 is 0. The molecule has 3 heterocycles. The smallest absolute Gasteiger partial charge is 0.305 e. The van der Waals surface area contributed by atoms with Gasteiger partial charge in [-0.25, -0.2) is 4.98 Å². The van der Waals surface area contributed by atoms with Gasteiger partial charge in [-0.15, -0.1) is 0 Å². The average Bonchev–Trinajstić information content (AvgIpc) is 2.82. The number of amides is 1. The fourth-order valence-corrected chi connectivity index (χ4v) is 4.25. The van der Waals surface area contributed by atoms with E-state index < -0.39 is 12.0 Å². The minimum atomic E-state index is -0.958. The van der Waals surface area contributed by atoms with Gasteiger partial charge in [-0.1, -0.05) is 30.7 Å². The minimum Gasteiger partial charge on any atom is -0.481 e. The molecule has 1 aliphatic heterocycles. The highest BCUT2D eigenvalue weighted by atomic mass is 16.4. The molecule has 0 radical (unpaired) electrons. The Morgan fingerprint density at radius 3 is 2.88 bits per heavy atom. The van der Waals surface area contributed by atoms with Gasteiger partial charge in [-0.3, -0.25) is 14.6 Å². The maximum atomic E-state index is 12.5. The third-order valence-electron chi connectivity index (χ3n) is 6.02. The Bertz CT molecular complexity index is 1130. The van der Waals surface area contributed by atoms with Crippen molar-refractivity contribution in [2.75, 3.05) is 11.9 Å². The number of nitrogens with zero attached hydrogens (tertiary/aromatic N) is 2. The molecular formula is C26H30N4O3. The van der Waals surface area contributed by atoms with E-state index in [0.29, 0.717) is 12.0 Å². The molecule has 0 spiro atoms. The normalized spacial score (nSPS) is 13.7. The summed E-state index contributed by atoms with van der Waals surface area (Å²) in [5.74, 6) is -0.0724. The summed E-state index contributed by atoms with van der Waals surface area (Å²) in [5, 5.41) is 16.5. The lowest BCUT2D eigenvalue weighted by Crippen LogP contribution is -2.30. The van der Waals surface area contributed by atoms with Crippen LogP contribution in [-0.4, -0.2) is 33.5 Å². The lowest BCUT2D eigenvalue weighted by atomic mass is 10.0. The molecule has 2 aromatic heterocycles. The fourth-order valence-electron chi connectivity index (χ4n) is 4.25. The van der Waals surface area contributed by atoms with Crippen LogP contribution in [0.25, 0.3) is 10.9 Å². The van der Waals surface area contributed by atoms with Crippen LogP contribution in [0.4, 0.5) is 5.82 Å². The molecule has 1 aromatic carbocycles. The second-order valence-electron chi connectivity index (χ2n) is 8.58. The number of carboxylic acid groups (broad SMARTS) is 1. The maximum absolute atomic E-state index is 12.5. The molecule has 0 saturated heterocycles. The number of carbonyl (C=O) groups is 2. The number of anilines is 1. The Morgan fingerprint density at radius 1 is 1.12 bits per heavy atom. The minimum absolute atomic E-state index is 0.134. The zero-order chi connectivity index (χ0) is 23.0. The number of aromatic nitrogens is 2. The second-order valence-corrected chi connectivity index (χ2v) is 8.58. The van der Waals surface area contributed by atoms with Crippen LogP contribution < -0.4 is 10.6 Å². The van der Waals surface area contributed by atoms with Crippen LogP contribution in [0.1, 0.15) is 61.4 Å². The van der Waals surface area contributed by atoms with Crippen LogP contribution in [0.5, 0.6) is 0 Å². The van der Waals surface area contributed by atoms with E-state index in [1.807, 2.05) is 30.3 Å². The first-order valence-corrected chi connectivity index (χ1v) is 11.7. The number of carboxylic acids is 1. The summed E-state index contributed by atoms with van der Waals surface area (Å²) in [6, 6.07) is 13.2. The van der Waals surface area contributed by atoms with E-state index in [1.54, 1.807) is 6.20 Å². The largest absolute Gasteiger partial charge is 0.481 e. The monoisotopic (exact) mass is 446 g/mol. The maximum Gasteiger partial charge on any atom is 0.305 e. The van der Waals surface area contributed by atoms with Crippen molar-refractivity contribution in [1.82, 2.24) is 15.3 Å². The first-order valence-electron chi connectivity index (χ1n) is 11.7. The van der Waals surface area contributed by atoms with Crippen molar-refractivity contribution in [3.05, 3.63) is 65.5 Å². The van der Waals surface area contributed by atoms with E-state index in [0.717, 1.165) is 67.5 Å². The first kappa shape index (κ1) is 22.7. The van der Waals surface area contributed by atoms with Crippen molar-refractivity contribution in [2.45, 2.75) is 57.4 Å². The number of benzene rings is 1. The fraction of sp³-hybridized carbons (Fsp3) is 0.385. The van der Waals surface area contributed by atoms with E-state index in [9.17, 15) is 14.7 Å². The number of para-hydroxylation sites is 1. The topological polar surface area (TPSA) is 104 Å². The van der Waals surface area contributed by atoms with Crippen molar-refractivity contribution in [3.63, 3.8) is 0 Å². The van der Waals surface area contributed by atoms with Gasteiger partial charge in [-0.05, 0) is 61.4 Å². The zero-order valence-electron chi connectivity index (χ0n) is 18.7. The summed E-state index contributed by atoms with van der Waals surface area (Å²) < 4.78 is 0. The lowest BCUT2D eigenvalue weighted by molar-refractivity contribution is -0.137. The summed E-state index contributed by atoms with van der Waals surface area (Å²) in [4.78, 5) is 33.0. The Kier molecular flexibility index (Phi) is 7.50. The summed E-state index contributed by atoms with van der Waals surface area (Å²) in [5.41, 5.74) is 3.92. The Balaban J connectivity index is 1.25. The first-order chi connectivity index (χ1) is 16.1. The summed E-state index contributed by atoms with van der Waals surface area (Å²) in [6.45, 7) is 0.983. The molecule has 172 valence electrons. The molecule has 7 heteroatoms. The third kappa shape index (κ3) is 6.28. The Morgan fingerprint density at radius 2 is 2.00 bits per heavy atom. The van der Waals surface area contributed by atoms with Crippen molar-refractivity contribution in [2.24, 2.45) is 0 Å². The van der Waals surface area contributed by atoms with Crippen LogP contribution in [0.15, 0.2) is 48.7 Å². The molecule has 3 aromatic rings. The Hall–Kier alpha value is -3.48. The quantitative estimate of drug-likeness (QED) is 0.398. The third-order valence-corrected chi connectivity index (χ3v) is 6.02. The van der Waals surface area contributed by atoms with E-state index in [4.69, 9.17) is 4.98 Å². The number of unbranched alkanes of at least 4 members (excludes halogenated alkanes) is 2. The van der Waals surface area contributed by atoms with Gasteiger partial charge in [-0.2, -0.15) is 0 Å². The van der Waals surface area contributed by atoms with Gasteiger partial charge in [0.1, 0.15) is 5.82 Å². The molecule has 33 heavy (non-hydrogen) atoms. The van der Waals surface area contributed by atoms with E-state index in [-0.39, 0.29) is 12.3 Å². The van der Waals surface area contributed by atoms with Crippen molar-refractivity contribution in [1.29, 1.82) is 0 Å². The number of fused-ring (bicyclic) bond motifs is 2. The van der Waals surface area contributed by atoms with Gasteiger partial charge in [0.05, 0.1) is 18.0 Å². The van der Waals surface area contributed by atoms with Crippen molar-refractivity contribution >= 4 is 28.6 Å². The van der Waals surface area contributed by atoms with E-state index >= 15 is 0 Å². The number of rotatable bonds is 10. The number of hydrogen-bond donors (Lipinski definition) is 3. The molecule has 0 fully saturated rings. The summed E-state index contributed by atoms with van der Waals surface area (Å²) in [6.07, 6.45) is 7.61. The van der Waals surface area contributed by atoms with Crippen molar-refractivity contribution < 1.29 is 14.7 Å². The van der Waals surface area contributed by atoms with Gasteiger partial charge in [0, 0.05) is 30.2 Å². The molecule has 1 aliphatic rings. The number of aryl methyl sites for hydroxylation is 2. The van der Waals surface area contributed by atoms with Crippen molar-refractivity contribution in [3.8, 4) is 0 Å². The van der Waals surface area contributed by atoms with Crippen LogP contribution in [0.3, 0.4) is 0 Å². The number of hydrogen-bond acceptors (Lipinski definition) is 5. The molecule has 1 atom stereocenters. The number of nitrogens with one attached hydrogen (secondary N) is 2. The van der Waals surface area contributed by atoms with Gasteiger partial charge < -0.3 is 15.7 Å². The second kappa shape index (κ2) is 10.9. The highest BCUT2D eigenvalue weighted by molar-refractivity contribution is 5.80. The van der Waals surface area contributed by atoms with Crippen LogP contribution in [-0.2, 0) is 22.4 Å². The summed E-state index contributed by atoms with van der Waals surface area (Å²) in [7, 11) is 0. The van der Waals surface area contributed by atoms with Crippen LogP contribution in [0.2, 0.25) is 0 Å². The van der Waals surface area contributed by atoms with Crippen LogP contribution in [0, 0.1) is 0 Å². The highest BCUT2D eigenvalue weighted by Gasteiger charge is 2.19. The molecule has 0 aliphatic carbocycles. The molecule has 4 rings (SSSR count). The van der Waals surface area contributed by atoms with Gasteiger partial charge in [0.2, 0.25) is 5.91 Å². The van der Waals surface area contributed by atoms with Gasteiger partial charge >= 0.3 is 5.97 Å². The molecule has 0 unspecified atom stereocenters. The van der Waals surface area contributed by atoms with Crippen LogP contribution >= 0.6 is 0 Å².